The van der Waals surface area contributed by atoms with Crippen molar-refractivity contribution < 1.29 is 14.7 Å². The third kappa shape index (κ3) is 2.61. The lowest BCUT2D eigenvalue weighted by Gasteiger charge is -2.04. The van der Waals surface area contributed by atoms with Gasteiger partial charge >= 0.3 is 5.97 Å². The van der Waals surface area contributed by atoms with E-state index in [2.05, 4.69) is 15.3 Å². The number of carbonyl (C=O) groups excluding carboxylic acids is 1. The summed E-state index contributed by atoms with van der Waals surface area (Å²) in [5.41, 5.74) is 0.721. The highest BCUT2D eigenvalue weighted by molar-refractivity contribution is 6.07. The highest BCUT2D eigenvalue weighted by atomic mass is 16.4. The molecule has 0 fully saturated rings. The Kier molecular flexibility index (Phi) is 3.43. The van der Waals surface area contributed by atoms with Gasteiger partial charge in [-0.3, -0.25) is 9.59 Å². The second-order valence-corrected chi connectivity index (χ2v) is 4.39. The normalized spacial score (nSPS) is 10.3. The number of hydrogen-bond donors (Lipinski definition) is 4. The minimum Gasteiger partial charge on any atom is -0.477 e. The van der Waals surface area contributed by atoms with Gasteiger partial charge in [-0.1, -0.05) is 0 Å². The van der Waals surface area contributed by atoms with Crippen molar-refractivity contribution in [2.45, 2.75) is 13.8 Å². The maximum atomic E-state index is 12.0. The van der Waals surface area contributed by atoms with Crippen LogP contribution in [0.3, 0.4) is 0 Å². The molecule has 0 unspecified atom stereocenters. The molecule has 4 N–H and O–H groups in total. The number of nitrogens with one attached hydrogen (secondary N) is 3. The van der Waals surface area contributed by atoms with Crippen LogP contribution in [0.1, 0.15) is 32.2 Å². The Morgan fingerprint density at radius 2 is 1.90 bits per heavy atom. The van der Waals surface area contributed by atoms with Gasteiger partial charge in [0.25, 0.3) is 5.91 Å². The molecule has 104 valence electrons. The molecule has 0 aliphatic heterocycles. The van der Waals surface area contributed by atoms with Gasteiger partial charge in [-0.2, -0.15) is 0 Å². The first-order chi connectivity index (χ1) is 9.38. The van der Waals surface area contributed by atoms with Crippen molar-refractivity contribution >= 4 is 17.6 Å². The van der Waals surface area contributed by atoms with Crippen LogP contribution in [-0.4, -0.2) is 27.0 Å². The van der Waals surface area contributed by atoms with E-state index in [4.69, 9.17) is 5.11 Å². The summed E-state index contributed by atoms with van der Waals surface area (Å²) >= 11 is 0. The highest BCUT2D eigenvalue weighted by Gasteiger charge is 2.17. The van der Waals surface area contributed by atoms with Crippen LogP contribution in [0.4, 0.5) is 5.69 Å². The van der Waals surface area contributed by atoms with Gasteiger partial charge < -0.3 is 20.4 Å². The number of carbonyl (C=O) groups is 2. The molecule has 0 aliphatic carbocycles. The zero-order valence-corrected chi connectivity index (χ0v) is 10.9. The Labute approximate surface area is 113 Å². The van der Waals surface area contributed by atoms with E-state index in [1.165, 1.54) is 18.3 Å². The molecule has 0 atom stereocenters. The average molecular weight is 275 g/mol. The van der Waals surface area contributed by atoms with Crippen molar-refractivity contribution in [1.29, 1.82) is 0 Å². The zero-order chi connectivity index (χ0) is 14.9. The number of rotatable bonds is 3. The van der Waals surface area contributed by atoms with E-state index < -0.39 is 17.3 Å². The number of amides is 1. The number of aromatic nitrogens is 2. The maximum absolute atomic E-state index is 12.0. The Morgan fingerprint density at radius 3 is 2.50 bits per heavy atom. The van der Waals surface area contributed by atoms with Crippen molar-refractivity contribution in [3.05, 3.63) is 51.2 Å². The lowest BCUT2D eigenvalue weighted by molar-refractivity contribution is 0.0692. The quantitative estimate of drug-likeness (QED) is 0.675. The Hall–Kier alpha value is -2.83. The smallest absolute Gasteiger partial charge is 0.354 e. The van der Waals surface area contributed by atoms with Gasteiger partial charge in [0, 0.05) is 23.7 Å². The molecule has 0 spiro atoms. The van der Waals surface area contributed by atoms with E-state index in [0.29, 0.717) is 11.4 Å². The van der Waals surface area contributed by atoms with Gasteiger partial charge in [-0.15, -0.1) is 0 Å². The van der Waals surface area contributed by atoms with Crippen LogP contribution in [0.2, 0.25) is 0 Å². The minimum absolute atomic E-state index is 0.0780. The van der Waals surface area contributed by atoms with Gasteiger partial charge in [-0.05, 0) is 19.9 Å². The van der Waals surface area contributed by atoms with Crippen LogP contribution in [0.5, 0.6) is 0 Å². The van der Waals surface area contributed by atoms with E-state index in [0.717, 1.165) is 0 Å². The first-order valence-corrected chi connectivity index (χ1v) is 5.82. The molecule has 2 aromatic heterocycles. The second kappa shape index (κ2) is 5.04. The number of aromatic carboxylic acids is 1. The van der Waals surface area contributed by atoms with Gasteiger partial charge in [0.2, 0.25) is 0 Å². The van der Waals surface area contributed by atoms with Crippen LogP contribution in [0.15, 0.2) is 23.1 Å². The average Bonchev–Trinajstić information content (AvgIpc) is 2.70. The van der Waals surface area contributed by atoms with Crippen molar-refractivity contribution in [1.82, 2.24) is 9.97 Å². The number of hydrogen-bond acceptors (Lipinski definition) is 3. The molecule has 2 heterocycles. The summed E-state index contributed by atoms with van der Waals surface area (Å²) in [4.78, 5) is 40.1. The van der Waals surface area contributed by atoms with Gasteiger partial charge in [0.05, 0.1) is 5.69 Å². The van der Waals surface area contributed by atoms with Crippen molar-refractivity contribution in [2.75, 3.05) is 5.32 Å². The fourth-order valence-corrected chi connectivity index (χ4v) is 1.80. The lowest BCUT2D eigenvalue weighted by Crippen LogP contribution is -2.22. The van der Waals surface area contributed by atoms with E-state index in [-0.39, 0.29) is 16.9 Å². The van der Waals surface area contributed by atoms with Crippen molar-refractivity contribution in [3.8, 4) is 0 Å². The Balaban J connectivity index is 2.32. The summed E-state index contributed by atoms with van der Waals surface area (Å²) in [6, 6.07) is 2.79. The molecule has 0 aromatic carbocycles. The maximum Gasteiger partial charge on any atom is 0.354 e. The molecule has 0 radical (unpaired) electrons. The topological polar surface area (TPSA) is 115 Å². The van der Waals surface area contributed by atoms with Crippen LogP contribution < -0.4 is 10.7 Å². The second-order valence-electron chi connectivity index (χ2n) is 4.39. The summed E-state index contributed by atoms with van der Waals surface area (Å²) in [7, 11) is 0. The number of carboxylic acids is 1. The predicted molar refractivity (Wildman–Crippen MR) is 72.2 cm³/mol. The molecular formula is C13H13N3O4. The van der Waals surface area contributed by atoms with E-state index in [1.54, 1.807) is 13.8 Å². The molecule has 2 aromatic rings. The molecule has 0 bridgehead atoms. The number of pyridine rings is 1. The van der Waals surface area contributed by atoms with Gasteiger partial charge in [0.1, 0.15) is 11.3 Å². The monoisotopic (exact) mass is 275 g/mol. The van der Waals surface area contributed by atoms with Crippen LogP contribution in [0.25, 0.3) is 0 Å². The van der Waals surface area contributed by atoms with Crippen LogP contribution in [0, 0.1) is 13.8 Å². The van der Waals surface area contributed by atoms with Crippen molar-refractivity contribution in [3.63, 3.8) is 0 Å². The molecule has 0 aliphatic rings. The van der Waals surface area contributed by atoms with Gasteiger partial charge in [0.15, 0.2) is 5.43 Å². The van der Waals surface area contributed by atoms with E-state index >= 15 is 0 Å². The third-order valence-corrected chi connectivity index (χ3v) is 2.72. The molecule has 7 nitrogen and oxygen atoms in total. The molecule has 1 amide bonds. The molecule has 2 rings (SSSR count). The number of H-pyrrole nitrogens is 2. The molecule has 7 heteroatoms. The zero-order valence-electron chi connectivity index (χ0n) is 10.9. The largest absolute Gasteiger partial charge is 0.477 e. The number of carboxylic acid groups (broad SMARTS) is 1. The lowest BCUT2D eigenvalue weighted by atomic mass is 10.2. The summed E-state index contributed by atoms with van der Waals surface area (Å²) in [5.74, 6) is -1.85. The summed E-state index contributed by atoms with van der Waals surface area (Å²) in [5, 5.41) is 11.4. The Bertz CT molecular complexity index is 742. The minimum atomic E-state index is -1.19. The fraction of sp³-hybridized carbons (Fsp3) is 0.154. The number of anilines is 1. The first-order valence-electron chi connectivity index (χ1n) is 5.82. The van der Waals surface area contributed by atoms with E-state index in [1.807, 2.05) is 0 Å². The summed E-state index contributed by atoms with van der Waals surface area (Å²) in [6.07, 6.45) is 1.30. The molecule has 0 saturated heterocycles. The van der Waals surface area contributed by atoms with Crippen molar-refractivity contribution in [2.24, 2.45) is 0 Å². The van der Waals surface area contributed by atoms with Crippen LogP contribution in [-0.2, 0) is 0 Å². The van der Waals surface area contributed by atoms with E-state index in [9.17, 15) is 14.4 Å². The SMILES string of the molecule is Cc1cc(=O)c(C(=O)Nc2cc(C)[nH]c2C(=O)O)c[nH]1. The Morgan fingerprint density at radius 1 is 1.20 bits per heavy atom. The molecule has 0 saturated carbocycles. The summed E-state index contributed by atoms with van der Waals surface area (Å²) in [6.45, 7) is 3.36. The first kappa shape index (κ1) is 13.6. The predicted octanol–water partition coefficient (Wildman–Crippen LogP) is 1.27. The van der Waals surface area contributed by atoms with Gasteiger partial charge in [-0.25, -0.2) is 4.79 Å². The molecular weight excluding hydrogens is 262 g/mol. The third-order valence-electron chi connectivity index (χ3n) is 2.72. The fourth-order valence-electron chi connectivity index (χ4n) is 1.80. The number of aryl methyl sites for hydroxylation is 2. The highest BCUT2D eigenvalue weighted by Crippen LogP contribution is 2.17. The molecule has 20 heavy (non-hydrogen) atoms. The summed E-state index contributed by atoms with van der Waals surface area (Å²) < 4.78 is 0. The standard InChI is InChI=1S/C13H13N3O4/c1-6-4-10(17)8(5-14-6)12(18)16-9-3-7(2)15-11(9)13(19)20/h3-5,15H,1-2H3,(H,14,17)(H,16,18)(H,19,20). The number of aromatic amines is 2. The van der Waals surface area contributed by atoms with Crippen LogP contribution >= 0.6 is 0 Å².